The Morgan fingerprint density at radius 2 is 2.18 bits per heavy atom. The molecule has 4 nitrogen and oxygen atoms in total. The molecule has 0 aliphatic carbocycles. The van der Waals surface area contributed by atoms with Crippen molar-refractivity contribution in [2.75, 3.05) is 13.1 Å². The van der Waals surface area contributed by atoms with Crippen LogP contribution in [0, 0.1) is 6.92 Å². The fraction of sp³-hybridized carbons (Fsp3) is 0.455. The number of halogens is 1. The molecule has 0 aromatic heterocycles. The summed E-state index contributed by atoms with van der Waals surface area (Å²) in [5.74, 6) is 0. The molecule has 1 aliphatic rings. The highest BCUT2D eigenvalue weighted by atomic mass is 79.9. The number of nitrogens with two attached hydrogens (primary N) is 1. The Morgan fingerprint density at radius 3 is 2.76 bits per heavy atom. The van der Waals surface area contributed by atoms with Crippen LogP contribution in [0.15, 0.2) is 27.6 Å². The highest BCUT2D eigenvalue weighted by Gasteiger charge is 2.31. The monoisotopic (exact) mass is 318 g/mol. The standard InChI is InChI=1S/C11H15BrN2O2S/c1-8-2-3-9(12)6-11(8)17(15,16)14-5-4-10(13)7-14/h2-3,6,10H,4-5,7,13H2,1H3. The third-order valence-corrected chi connectivity index (χ3v) is 5.46. The van der Waals surface area contributed by atoms with Crippen molar-refractivity contribution in [2.45, 2.75) is 24.3 Å². The molecule has 0 radical (unpaired) electrons. The first-order chi connectivity index (χ1) is 7.91. The van der Waals surface area contributed by atoms with Crippen molar-refractivity contribution in [1.29, 1.82) is 0 Å². The predicted octanol–water partition coefficient (Wildman–Crippen LogP) is 1.48. The van der Waals surface area contributed by atoms with Gasteiger partial charge in [-0.15, -0.1) is 0 Å². The van der Waals surface area contributed by atoms with Gasteiger partial charge >= 0.3 is 0 Å². The average Bonchev–Trinajstić information content (AvgIpc) is 2.69. The highest BCUT2D eigenvalue weighted by molar-refractivity contribution is 9.10. The van der Waals surface area contributed by atoms with Gasteiger partial charge in [-0.3, -0.25) is 0 Å². The molecule has 1 atom stereocenters. The van der Waals surface area contributed by atoms with Crippen molar-refractivity contribution < 1.29 is 8.42 Å². The summed E-state index contributed by atoms with van der Waals surface area (Å²) in [6, 6.07) is 5.24. The molecule has 2 rings (SSSR count). The zero-order valence-corrected chi connectivity index (χ0v) is 12.0. The number of hydrogen-bond acceptors (Lipinski definition) is 3. The van der Waals surface area contributed by atoms with Gasteiger partial charge in [0, 0.05) is 23.6 Å². The van der Waals surface area contributed by atoms with Gasteiger partial charge in [0.15, 0.2) is 0 Å². The van der Waals surface area contributed by atoms with Crippen LogP contribution >= 0.6 is 15.9 Å². The van der Waals surface area contributed by atoms with Crippen LogP contribution in [0.2, 0.25) is 0 Å². The van der Waals surface area contributed by atoms with Crippen LogP contribution < -0.4 is 5.73 Å². The SMILES string of the molecule is Cc1ccc(Br)cc1S(=O)(=O)N1CCC(N)C1. The topological polar surface area (TPSA) is 63.4 Å². The second kappa shape index (κ2) is 4.68. The Hall–Kier alpha value is -0.430. The lowest BCUT2D eigenvalue weighted by Crippen LogP contribution is -2.32. The first-order valence-corrected chi connectivity index (χ1v) is 7.66. The fourth-order valence-corrected chi connectivity index (χ4v) is 4.24. The van der Waals surface area contributed by atoms with E-state index in [0.717, 1.165) is 16.5 Å². The zero-order valence-electron chi connectivity index (χ0n) is 9.56. The normalized spacial score (nSPS) is 21.9. The minimum Gasteiger partial charge on any atom is -0.326 e. The lowest BCUT2D eigenvalue weighted by Gasteiger charge is -2.17. The van der Waals surface area contributed by atoms with E-state index in [1.807, 2.05) is 6.07 Å². The van der Waals surface area contributed by atoms with Crippen LogP contribution in [-0.4, -0.2) is 31.9 Å². The van der Waals surface area contributed by atoms with Gasteiger partial charge in [0.25, 0.3) is 0 Å². The van der Waals surface area contributed by atoms with Crippen molar-refractivity contribution in [3.8, 4) is 0 Å². The molecule has 1 aromatic rings. The maximum absolute atomic E-state index is 12.4. The third-order valence-electron chi connectivity index (χ3n) is 2.96. The molecule has 1 unspecified atom stereocenters. The quantitative estimate of drug-likeness (QED) is 0.898. The van der Waals surface area contributed by atoms with E-state index in [-0.39, 0.29) is 6.04 Å². The van der Waals surface area contributed by atoms with E-state index in [1.165, 1.54) is 4.31 Å². The molecule has 0 bridgehead atoms. The van der Waals surface area contributed by atoms with Crippen LogP contribution in [0.25, 0.3) is 0 Å². The third kappa shape index (κ3) is 2.54. The van der Waals surface area contributed by atoms with Gasteiger partial charge < -0.3 is 5.73 Å². The number of rotatable bonds is 2. The number of hydrogen-bond donors (Lipinski definition) is 1. The lowest BCUT2D eigenvalue weighted by molar-refractivity contribution is 0.472. The Kier molecular flexibility index (Phi) is 3.58. The van der Waals surface area contributed by atoms with Crippen molar-refractivity contribution in [3.63, 3.8) is 0 Å². The van der Waals surface area contributed by atoms with Crippen LogP contribution in [0.3, 0.4) is 0 Å². The minimum absolute atomic E-state index is 0.0442. The molecule has 0 saturated carbocycles. The van der Waals surface area contributed by atoms with E-state index in [1.54, 1.807) is 19.1 Å². The summed E-state index contributed by atoms with van der Waals surface area (Å²) in [5.41, 5.74) is 6.51. The van der Waals surface area contributed by atoms with Gasteiger partial charge in [-0.25, -0.2) is 8.42 Å². The molecule has 1 aromatic carbocycles. The Bertz CT molecular complexity index is 530. The van der Waals surface area contributed by atoms with Crippen LogP contribution in [0.1, 0.15) is 12.0 Å². The summed E-state index contributed by atoms with van der Waals surface area (Å²) >= 11 is 3.30. The number of nitrogens with zero attached hydrogens (tertiary/aromatic N) is 1. The van der Waals surface area contributed by atoms with Crippen LogP contribution in [0.5, 0.6) is 0 Å². The van der Waals surface area contributed by atoms with Crippen LogP contribution in [0.4, 0.5) is 0 Å². The largest absolute Gasteiger partial charge is 0.326 e. The van der Waals surface area contributed by atoms with Crippen molar-refractivity contribution in [2.24, 2.45) is 5.73 Å². The molecule has 6 heteroatoms. The molecule has 2 N–H and O–H groups in total. The molecular formula is C11H15BrN2O2S. The molecule has 0 amide bonds. The fourth-order valence-electron chi connectivity index (χ4n) is 1.96. The number of sulfonamides is 1. The van der Waals surface area contributed by atoms with Gasteiger partial charge in [0.05, 0.1) is 4.90 Å². The van der Waals surface area contributed by atoms with Crippen molar-refractivity contribution in [3.05, 3.63) is 28.2 Å². The lowest BCUT2D eigenvalue weighted by atomic mass is 10.2. The number of benzene rings is 1. The summed E-state index contributed by atoms with van der Waals surface area (Å²) in [6.45, 7) is 2.72. The van der Waals surface area contributed by atoms with E-state index in [0.29, 0.717) is 18.0 Å². The molecular weight excluding hydrogens is 304 g/mol. The highest BCUT2D eigenvalue weighted by Crippen LogP contribution is 2.25. The van der Waals surface area contributed by atoms with Gasteiger partial charge in [0.2, 0.25) is 10.0 Å². The van der Waals surface area contributed by atoms with Crippen molar-refractivity contribution in [1.82, 2.24) is 4.31 Å². The maximum Gasteiger partial charge on any atom is 0.243 e. The minimum atomic E-state index is -3.40. The van der Waals surface area contributed by atoms with Crippen molar-refractivity contribution >= 4 is 26.0 Å². The second-order valence-corrected chi connectivity index (χ2v) is 7.14. The van der Waals surface area contributed by atoms with E-state index in [9.17, 15) is 8.42 Å². The van der Waals surface area contributed by atoms with E-state index >= 15 is 0 Å². The Morgan fingerprint density at radius 1 is 1.47 bits per heavy atom. The van der Waals surface area contributed by atoms with E-state index < -0.39 is 10.0 Å². The van der Waals surface area contributed by atoms with Gasteiger partial charge in [-0.2, -0.15) is 4.31 Å². The molecule has 17 heavy (non-hydrogen) atoms. The van der Waals surface area contributed by atoms with Gasteiger partial charge in [-0.05, 0) is 31.0 Å². The Balaban J connectivity index is 2.41. The summed E-state index contributed by atoms with van der Waals surface area (Å²) < 4.78 is 27.0. The zero-order chi connectivity index (χ0) is 12.6. The summed E-state index contributed by atoms with van der Waals surface area (Å²) in [6.07, 6.45) is 0.728. The molecule has 1 heterocycles. The summed E-state index contributed by atoms with van der Waals surface area (Å²) in [7, 11) is -3.40. The van der Waals surface area contributed by atoms with E-state index in [4.69, 9.17) is 5.73 Å². The second-order valence-electron chi connectivity index (χ2n) is 4.32. The molecule has 1 fully saturated rings. The Labute approximate surface area is 110 Å². The molecule has 1 saturated heterocycles. The first-order valence-electron chi connectivity index (χ1n) is 5.43. The predicted molar refractivity (Wildman–Crippen MR) is 70.2 cm³/mol. The van der Waals surface area contributed by atoms with Gasteiger partial charge in [0.1, 0.15) is 0 Å². The van der Waals surface area contributed by atoms with E-state index in [2.05, 4.69) is 15.9 Å². The molecule has 94 valence electrons. The summed E-state index contributed by atoms with van der Waals surface area (Å²) in [4.78, 5) is 0.362. The maximum atomic E-state index is 12.4. The van der Waals surface area contributed by atoms with Gasteiger partial charge in [-0.1, -0.05) is 22.0 Å². The first kappa shape index (κ1) is 13.0. The smallest absolute Gasteiger partial charge is 0.243 e. The average molecular weight is 319 g/mol. The molecule has 1 aliphatic heterocycles. The molecule has 0 spiro atoms. The van der Waals surface area contributed by atoms with Crippen LogP contribution in [-0.2, 0) is 10.0 Å². The summed E-state index contributed by atoms with van der Waals surface area (Å²) in [5, 5.41) is 0. The number of aryl methyl sites for hydroxylation is 1.